The summed E-state index contributed by atoms with van der Waals surface area (Å²) in [4.78, 5) is 0. The first kappa shape index (κ1) is 23.1. The van der Waals surface area contributed by atoms with E-state index in [1.54, 1.807) is 6.07 Å². The van der Waals surface area contributed by atoms with Crippen molar-refractivity contribution in [1.29, 1.82) is 0 Å². The molecule has 1 unspecified atom stereocenters. The minimum Gasteiger partial charge on any atom is -0.487 e. The van der Waals surface area contributed by atoms with Crippen LogP contribution in [0.15, 0.2) is 12.1 Å². The molecule has 0 spiro atoms. The van der Waals surface area contributed by atoms with Gasteiger partial charge in [-0.2, -0.15) is 0 Å². The van der Waals surface area contributed by atoms with Crippen molar-refractivity contribution in [3.8, 4) is 5.75 Å². The third kappa shape index (κ3) is 6.03. The summed E-state index contributed by atoms with van der Waals surface area (Å²) in [6.45, 7) is 5.20. The van der Waals surface area contributed by atoms with E-state index in [1.807, 2.05) is 0 Å². The molecule has 1 aromatic carbocycles. The molecule has 0 aromatic heterocycles. The predicted octanol–water partition coefficient (Wildman–Crippen LogP) is 7.97. The van der Waals surface area contributed by atoms with Crippen LogP contribution in [0.2, 0.25) is 0 Å². The van der Waals surface area contributed by atoms with E-state index in [4.69, 9.17) is 9.47 Å². The number of aryl methyl sites for hydroxylation is 1. The van der Waals surface area contributed by atoms with Crippen molar-refractivity contribution in [2.24, 2.45) is 11.8 Å². The first-order valence-electron chi connectivity index (χ1n) is 13.3. The maximum atomic E-state index is 15.0. The molecule has 174 valence electrons. The maximum absolute atomic E-state index is 15.0. The third-order valence-corrected chi connectivity index (χ3v) is 8.27. The molecule has 31 heavy (non-hydrogen) atoms. The highest BCUT2D eigenvalue weighted by Crippen LogP contribution is 2.41. The minimum atomic E-state index is -0.120. The van der Waals surface area contributed by atoms with Crippen LogP contribution < -0.4 is 4.74 Å². The summed E-state index contributed by atoms with van der Waals surface area (Å²) < 4.78 is 27.0. The van der Waals surface area contributed by atoms with Gasteiger partial charge in [0.15, 0.2) is 11.6 Å². The molecule has 0 bridgehead atoms. The molecule has 0 saturated heterocycles. The van der Waals surface area contributed by atoms with Crippen LogP contribution >= 0.6 is 0 Å². The largest absolute Gasteiger partial charge is 0.487 e. The van der Waals surface area contributed by atoms with Gasteiger partial charge in [-0.3, -0.25) is 0 Å². The lowest BCUT2D eigenvalue weighted by Gasteiger charge is -2.32. The van der Waals surface area contributed by atoms with Gasteiger partial charge in [0.1, 0.15) is 0 Å². The van der Waals surface area contributed by atoms with E-state index < -0.39 is 0 Å². The molecule has 3 aliphatic rings. The van der Waals surface area contributed by atoms with E-state index in [1.165, 1.54) is 76.2 Å². The number of fused-ring (bicyclic) bond motifs is 1. The second-order valence-electron chi connectivity index (χ2n) is 10.5. The van der Waals surface area contributed by atoms with Gasteiger partial charge in [0.2, 0.25) is 0 Å². The second kappa shape index (κ2) is 11.2. The molecule has 2 saturated carbocycles. The van der Waals surface area contributed by atoms with Gasteiger partial charge in [0.25, 0.3) is 0 Å². The van der Waals surface area contributed by atoms with Crippen LogP contribution in [-0.2, 0) is 11.2 Å². The fraction of sp³-hybridized carbons (Fsp3) is 0.786. The number of rotatable bonds is 8. The Bertz CT molecular complexity index is 686. The molecule has 1 aromatic rings. The Morgan fingerprint density at radius 2 is 1.58 bits per heavy atom. The standard InChI is InChI=1S/C28H43FO2/c1-3-5-20-6-11-22(12-7-20)24-18-23-13-17-26(31-28(23)27(29)19-24)16-10-21-8-14-25(15-9-21)30-4-2/h18-22,25-26H,3-17H2,1-2H3. The summed E-state index contributed by atoms with van der Waals surface area (Å²) in [5, 5.41) is 0. The van der Waals surface area contributed by atoms with Crippen LogP contribution in [0.3, 0.4) is 0 Å². The van der Waals surface area contributed by atoms with E-state index >= 15 is 4.39 Å². The van der Waals surface area contributed by atoms with Crippen molar-refractivity contribution < 1.29 is 13.9 Å². The number of hydrogen-bond acceptors (Lipinski definition) is 2. The van der Waals surface area contributed by atoms with Gasteiger partial charge in [-0.15, -0.1) is 0 Å². The van der Waals surface area contributed by atoms with Gasteiger partial charge in [-0.05, 0) is 119 Å². The van der Waals surface area contributed by atoms with Gasteiger partial charge >= 0.3 is 0 Å². The summed E-state index contributed by atoms with van der Waals surface area (Å²) in [6.07, 6.45) is 17.6. The zero-order chi connectivity index (χ0) is 21.6. The molecular weight excluding hydrogens is 387 g/mol. The van der Waals surface area contributed by atoms with Crippen molar-refractivity contribution in [1.82, 2.24) is 0 Å². The summed E-state index contributed by atoms with van der Waals surface area (Å²) in [7, 11) is 0. The molecule has 2 fully saturated rings. The van der Waals surface area contributed by atoms with Crippen molar-refractivity contribution >= 4 is 0 Å². The molecule has 3 heteroatoms. The average molecular weight is 431 g/mol. The van der Waals surface area contributed by atoms with Gasteiger partial charge < -0.3 is 9.47 Å². The van der Waals surface area contributed by atoms with Crippen LogP contribution in [0.4, 0.5) is 4.39 Å². The highest BCUT2D eigenvalue weighted by Gasteiger charge is 2.28. The highest BCUT2D eigenvalue weighted by atomic mass is 19.1. The predicted molar refractivity (Wildman–Crippen MR) is 125 cm³/mol. The Labute approximate surface area is 189 Å². The molecule has 0 amide bonds. The van der Waals surface area contributed by atoms with Gasteiger partial charge in [0, 0.05) is 6.61 Å². The van der Waals surface area contributed by atoms with E-state index in [2.05, 4.69) is 19.9 Å². The highest BCUT2D eigenvalue weighted by molar-refractivity contribution is 5.41. The Kier molecular flexibility index (Phi) is 8.31. The normalized spacial score (nSPS) is 31.1. The van der Waals surface area contributed by atoms with Crippen LogP contribution in [0.1, 0.15) is 114 Å². The fourth-order valence-electron chi connectivity index (χ4n) is 6.41. The molecule has 2 aliphatic carbocycles. The Morgan fingerprint density at radius 1 is 0.871 bits per heavy atom. The van der Waals surface area contributed by atoms with E-state index in [0.717, 1.165) is 43.3 Å². The lowest BCUT2D eigenvalue weighted by molar-refractivity contribution is 0.0229. The first-order valence-corrected chi connectivity index (χ1v) is 13.3. The van der Waals surface area contributed by atoms with Crippen molar-refractivity contribution in [3.05, 3.63) is 29.1 Å². The zero-order valence-electron chi connectivity index (χ0n) is 19.8. The molecule has 0 radical (unpaired) electrons. The van der Waals surface area contributed by atoms with Crippen molar-refractivity contribution in [2.45, 2.75) is 122 Å². The van der Waals surface area contributed by atoms with Crippen molar-refractivity contribution in [3.63, 3.8) is 0 Å². The molecule has 1 aliphatic heterocycles. The second-order valence-corrected chi connectivity index (χ2v) is 10.5. The summed E-state index contributed by atoms with van der Waals surface area (Å²) >= 11 is 0. The smallest absolute Gasteiger partial charge is 0.165 e. The summed E-state index contributed by atoms with van der Waals surface area (Å²) in [5.74, 6) is 2.65. The number of ether oxygens (including phenoxy) is 2. The molecule has 2 nitrogen and oxygen atoms in total. The number of benzene rings is 1. The maximum Gasteiger partial charge on any atom is 0.165 e. The minimum absolute atomic E-state index is 0.120. The van der Waals surface area contributed by atoms with E-state index in [0.29, 0.717) is 17.8 Å². The molecule has 0 N–H and O–H groups in total. The molecular formula is C28H43FO2. The summed E-state index contributed by atoms with van der Waals surface area (Å²) in [5.41, 5.74) is 2.33. The van der Waals surface area contributed by atoms with Crippen molar-refractivity contribution in [2.75, 3.05) is 6.61 Å². The zero-order valence-corrected chi connectivity index (χ0v) is 19.8. The number of hydrogen-bond donors (Lipinski definition) is 0. The lowest BCUT2D eigenvalue weighted by Crippen LogP contribution is -2.26. The quantitative estimate of drug-likeness (QED) is 0.416. The van der Waals surface area contributed by atoms with Crippen LogP contribution in [0.5, 0.6) is 5.75 Å². The topological polar surface area (TPSA) is 18.5 Å². The van der Waals surface area contributed by atoms with Crippen LogP contribution in [0.25, 0.3) is 0 Å². The van der Waals surface area contributed by atoms with Crippen LogP contribution in [0, 0.1) is 17.7 Å². The Hall–Kier alpha value is -1.09. The molecule has 1 heterocycles. The van der Waals surface area contributed by atoms with Gasteiger partial charge in [-0.25, -0.2) is 4.39 Å². The lowest BCUT2D eigenvalue weighted by atomic mass is 9.76. The SMILES string of the molecule is CCCC1CCC(c2cc(F)c3c(c2)CCC(CCC2CCC(OCC)CC2)O3)CC1. The monoisotopic (exact) mass is 430 g/mol. The Balaban J connectivity index is 1.28. The number of halogens is 1. The fourth-order valence-corrected chi connectivity index (χ4v) is 6.41. The first-order chi connectivity index (χ1) is 15.2. The molecule has 1 atom stereocenters. The van der Waals surface area contributed by atoms with Gasteiger partial charge in [0.05, 0.1) is 12.2 Å². The van der Waals surface area contributed by atoms with E-state index in [-0.39, 0.29) is 11.9 Å². The Morgan fingerprint density at radius 3 is 2.29 bits per heavy atom. The summed E-state index contributed by atoms with van der Waals surface area (Å²) in [6, 6.07) is 4.06. The van der Waals surface area contributed by atoms with Crippen LogP contribution in [-0.4, -0.2) is 18.8 Å². The average Bonchev–Trinajstić information content (AvgIpc) is 2.80. The van der Waals surface area contributed by atoms with Gasteiger partial charge in [-0.1, -0.05) is 25.8 Å². The van der Waals surface area contributed by atoms with E-state index in [9.17, 15) is 0 Å². The third-order valence-electron chi connectivity index (χ3n) is 8.27. The molecule has 4 rings (SSSR count).